The number of aromatic nitrogens is 4. The first-order chi connectivity index (χ1) is 21.6. The van der Waals surface area contributed by atoms with Gasteiger partial charge in [0.2, 0.25) is 23.6 Å². The molecule has 3 heterocycles. The van der Waals surface area contributed by atoms with Crippen molar-refractivity contribution in [2.75, 3.05) is 19.6 Å². The molecule has 0 bridgehead atoms. The predicted octanol–water partition coefficient (Wildman–Crippen LogP) is 1.50. The Hall–Kier alpha value is -4.17. The van der Waals surface area contributed by atoms with Gasteiger partial charge >= 0.3 is 0 Å². The zero-order chi connectivity index (χ0) is 32.3. The number of fused-ring (bicyclic) bond motifs is 1. The number of hydrogen-bond acceptors (Lipinski definition) is 9. The number of carbonyl (C=O) groups is 4. The second-order valence-electron chi connectivity index (χ2n) is 11.6. The van der Waals surface area contributed by atoms with Crippen LogP contribution >= 0.6 is 11.3 Å². The maximum atomic E-state index is 13.8. The van der Waals surface area contributed by atoms with E-state index in [1.54, 1.807) is 31.4 Å². The van der Waals surface area contributed by atoms with Crippen LogP contribution in [-0.2, 0) is 38.7 Å². The van der Waals surface area contributed by atoms with E-state index in [1.807, 2.05) is 49.6 Å². The van der Waals surface area contributed by atoms with Crippen LogP contribution in [0.5, 0.6) is 0 Å². The minimum atomic E-state index is -0.925. The molecule has 1 aromatic carbocycles. The lowest BCUT2D eigenvalue weighted by molar-refractivity contribution is -0.132. The molecule has 4 amide bonds. The van der Waals surface area contributed by atoms with Crippen molar-refractivity contribution in [2.24, 2.45) is 5.92 Å². The predicted molar refractivity (Wildman–Crippen MR) is 170 cm³/mol. The van der Waals surface area contributed by atoms with Gasteiger partial charge in [-0.2, -0.15) is 5.10 Å². The summed E-state index contributed by atoms with van der Waals surface area (Å²) < 4.78 is 1.53. The number of amides is 4. The summed E-state index contributed by atoms with van der Waals surface area (Å²) in [5.41, 5.74) is 0.864. The molecule has 0 unspecified atom stereocenters. The minimum Gasteiger partial charge on any atom is -0.353 e. The van der Waals surface area contributed by atoms with E-state index in [0.717, 1.165) is 10.6 Å². The fraction of sp³-hybridized carbons (Fsp3) is 0.516. The third-order valence-corrected chi connectivity index (χ3v) is 8.26. The van der Waals surface area contributed by atoms with Gasteiger partial charge < -0.3 is 21.3 Å². The molecule has 3 atom stereocenters. The van der Waals surface area contributed by atoms with E-state index in [2.05, 4.69) is 41.2 Å². The molecule has 242 valence electrons. The summed E-state index contributed by atoms with van der Waals surface area (Å²) in [5, 5.41) is 19.0. The van der Waals surface area contributed by atoms with Crippen LogP contribution < -0.4 is 21.3 Å². The number of thiazole rings is 1. The smallest absolute Gasteiger partial charge is 0.243 e. The number of nitrogens with zero attached hydrogens (tertiary/aromatic N) is 5. The summed E-state index contributed by atoms with van der Waals surface area (Å²) in [5.74, 6) is -0.537. The van der Waals surface area contributed by atoms with Gasteiger partial charge in [-0.05, 0) is 38.3 Å². The number of aryl methyl sites for hydroxylation is 1. The van der Waals surface area contributed by atoms with Crippen LogP contribution in [0.3, 0.4) is 0 Å². The van der Waals surface area contributed by atoms with Gasteiger partial charge in [0.15, 0.2) is 5.82 Å². The van der Waals surface area contributed by atoms with Gasteiger partial charge in [-0.1, -0.05) is 44.2 Å². The van der Waals surface area contributed by atoms with E-state index in [9.17, 15) is 19.2 Å². The van der Waals surface area contributed by atoms with Crippen molar-refractivity contribution in [1.29, 1.82) is 0 Å². The molecule has 0 spiro atoms. The number of nitrogens with one attached hydrogen (secondary N) is 4. The van der Waals surface area contributed by atoms with Crippen LogP contribution in [0.15, 0.2) is 41.9 Å². The SMILES string of the molecule is Cc1nc2n(n1)CC(=O)NCCN(Cc1nccs1)CCCC(=O)N[C@@H](C)C(=O)N[C@H](Cc1ccccc1)C(=O)N[C@H]2C(C)C. The largest absolute Gasteiger partial charge is 0.353 e. The second-order valence-corrected chi connectivity index (χ2v) is 12.6. The first-order valence-corrected chi connectivity index (χ1v) is 16.2. The van der Waals surface area contributed by atoms with Gasteiger partial charge in [-0.15, -0.1) is 11.3 Å². The van der Waals surface area contributed by atoms with E-state index < -0.39 is 29.9 Å². The van der Waals surface area contributed by atoms with Crippen LogP contribution in [-0.4, -0.2) is 80.0 Å². The molecule has 1 aliphatic rings. The van der Waals surface area contributed by atoms with Gasteiger partial charge in [-0.25, -0.2) is 14.6 Å². The molecule has 1 aliphatic heterocycles. The Morgan fingerprint density at radius 1 is 1.00 bits per heavy atom. The van der Waals surface area contributed by atoms with Gasteiger partial charge in [0.1, 0.15) is 29.5 Å². The number of rotatable bonds is 5. The molecule has 45 heavy (non-hydrogen) atoms. The van der Waals surface area contributed by atoms with E-state index in [-0.39, 0.29) is 37.1 Å². The summed E-state index contributed by atoms with van der Waals surface area (Å²) in [4.78, 5) is 64.0. The highest BCUT2D eigenvalue weighted by Gasteiger charge is 2.30. The summed E-state index contributed by atoms with van der Waals surface area (Å²) >= 11 is 1.55. The van der Waals surface area contributed by atoms with Crippen molar-refractivity contribution < 1.29 is 19.2 Å². The topological polar surface area (TPSA) is 163 Å². The number of benzene rings is 1. The summed E-state index contributed by atoms with van der Waals surface area (Å²) in [6.07, 6.45) is 2.77. The lowest BCUT2D eigenvalue weighted by Crippen LogP contribution is -2.54. The quantitative estimate of drug-likeness (QED) is 0.327. The van der Waals surface area contributed by atoms with Crippen molar-refractivity contribution >= 4 is 35.0 Å². The Balaban J connectivity index is 1.60. The van der Waals surface area contributed by atoms with Crippen LogP contribution in [0, 0.1) is 12.8 Å². The Kier molecular flexibility index (Phi) is 12.2. The molecule has 3 aromatic rings. The summed E-state index contributed by atoms with van der Waals surface area (Å²) in [6.45, 7) is 9.31. The van der Waals surface area contributed by atoms with Gasteiger partial charge in [0.25, 0.3) is 0 Å². The second kappa shape index (κ2) is 16.2. The Labute approximate surface area is 267 Å². The third kappa shape index (κ3) is 10.2. The van der Waals surface area contributed by atoms with Crippen molar-refractivity contribution in [3.8, 4) is 0 Å². The Bertz CT molecular complexity index is 1430. The third-order valence-electron chi connectivity index (χ3n) is 7.50. The van der Waals surface area contributed by atoms with E-state index >= 15 is 0 Å². The summed E-state index contributed by atoms with van der Waals surface area (Å²) in [6, 6.07) is 7.04. The van der Waals surface area contributed by atoms with Gasteiger partial charge in [0.05, 0.1) is 12.6 Å². The monoisotopic (exact) mass is 637 g/mol. The lowest BCUT2D eigenvalue weighted by Gasteiger charge is -2.27. The Morgan fingerprint density at radius 2 is 1.78 bits per heavy atom. The molecule has 0 saturated heterocycles. The van der Waals surface area contributed by atoms with Crippen molar-refractivity contribution in [3.05, 3.63) is 64.1 Å². The summed E-state index contributed by atoms with van der Waals surface area (Å²) in [7, 11) is 0. The van der Waals surface area contributed by atoms with E-state index in [4.69, 9.17) is 0 Å². The molecule has 2 aromatic heterocycles. The highest BCUT2D eigenvalue weighted by Crippen LogP contribution is 2.21. The maximum Gasteiger partial charge on any atom is 0.243 e. The molecule has 0 aliphatic carbocycles. The molecule has 4 rings (SSSR count). The van der Waals surface area contributed by atoms with Crippen LogP contribution in [0.1, 0.15) is 61.9 Å². The molecular formula is C31H43N9O4S. The zero-order valence-electron chi connectivity index (χ0n) is 26.3. The normalized spacial score (nSPS) is 21.8. The highest BCUT2D eigenvalue weighted by molar-refractivity contribution is 7.09. The lowest BCUT2D eigenvalue weighted by atomic mass is 10.0. The molecule has 13 nitrogen and oxygen atoms in total. The molecule has 14 heteroatoms. The fourth-order valence-corrected chi connectivity index (χ4v) is 5.79. The van der Waals surface area contributed by atoms with Crippen molar-refractivity contribution in [3.63, 3.8) is 0 Å². The van der Waals surface area contributed by atoms with Crippen LogP contribution in [0.25, 0.3) is 0 Å². The van der Waals surface area contributed by atoms with Gasteiger partial charge in [0, 0.05) is 37.5 Å². The molecule has 0 saturated carbocycles. The zero-order valence-corrected chi connectivity index (χ0v) is 27.1. The number of carbonyl (C=O) groups excluding carboxylic acids is 4. The highest BCUT2D eigenvalue weighted by atomic mass is 32.1. The molecular weight excluding hydrogens is 594 g/mol. The van der Waals surface area contributed by atoms with Gasteiger partial charge in [-0.3, -0.25) is 24.1 Å². The fourth-order valence-electron chi connectivity index (χ4n) is 5.14. The molecule has 4 N–H and O–H groups in total. The standard InChI is InChI=1S/C31H43N9O4S/c1-20(2)28-29-35-22(4)38-40(29)18-26(42)32-12-15-39(19-27-33-13-16-45-27)14-8-11-25(41)34-21(3)30(43)36-24(31(44)37-28)17-23-9-6-5-7-10-23/h5-7,9-10,13,16,20-21,24,28H,8,11-12,14-15,17-19H2,1-4H3,(H,32,42)(H,34,41)(H,36,43)(H,37,44)/t21-,24+,28-/m0/s1. The molecule has 0 fully saturated rings. The van der Waals surface area contributed by atoms with Crippen molar-refractivity contribution in [2.45, 2.75) is 78.2 Å². The van der Waals surface area contributed by atoms with Crippen molar-refractivity contribution in [1.82, 2.24) is 45.9 Å². The average molecular weight is 638 g/mol. The van der Waals surface area contributed by atoms with Crippen LogP contribution in [0.2, 0.25) is 0 Å². The number of hydrogen-bond donors (Lipinski definition) is 4. The van der Waals surface area contributed by atoms with E-state index in [0.29, 0.717) is 44.2 Å². The first-order valence-electron chi connectivity index (χ1n) is 15.3. The maximum absolute atomic E-state index is 13.8. The minimum absolute atomic E-state index is 0.0659. The Morgan fingerprint density at radius 3 is 2.49 bits per heavy atom. The first kappa shape index (κ1) is 33.7. The molecule has 0 radical (unpaired) electrons. The average Bonchev–Trinajstić information content (AvgIpc) is 3.64. The van der Waals surface area contributed by atoms with Crippen LogP contribution in [0.4, 0.5) is 0 Å². The van der Waals surface area contributed by atoms with E-state index in [1.165, 1.54) is 4.68 Å².